The number of aromatic nitrogens is 1. The molecule has 1 aromatic carbocycles. The Morgan fingerprint density at radius 3 is 2.39 bits per heavy atom. The van der Waals surface area contributed by atoms with Gasteiger partial charge in [0.15, 0.2) is 0 Å². The summed E-state index contributed by atoms with van der Waals surface area (Å²) in [6.45, 7) is 1.14. The van der Waals surface area contributed by atoms with Crippen LogP contribution in [-0.2, 0) is 19.0 Å². The molecule has 2 aliphatic rings. The Bertz CT molecular complexity index is 834. The molecule has 2 heterocycles. The maximum atomic E-state index is 12.7. The maximum absolute atomic E-state index is 12.7. The van der Waals surface area contributed by atoms with Crippen molar-refractivity contribution >= 4 is 5.91 Å². The Morgan fingerprint density at radius 1 is 1.04 bits per heavy atom. The molecule has 0 saturated carbocycles. The third-order valence-electron chi connectivity index (χ3n) is 5.85. The lowest BCUT2D eigenvalue weighted by atomic mass is 9.90. The lowest BCUT2D eigenvalue weighted by Crippen LogP contribution is -2.38. The van der Waals surface area contributed by atoms with Gasteiger partial charge in [0.1, 0.15) is 5.76 Å². The number of alkyl halides is 3. The van der Waals surface area contributed by atoms with E-state index in [0.29, 0.717) is 18.7 Å². The molecule has 1 aromatic heterocycles. The molecule has 0 N–H and O–H groups in total. The van der Waals surface area contributed by atoms with Crippen molar-refractivity contribution in [2.75, 3.05) is 13.1 Å². The van der Waals surface area contributed by atoms with Crippen molar-refractivity contribution < 1.29 is 22.5 Å². The predicted octanol–water partition coefficient (Wildman–Crippen LogP) is 4.98. The van der Waals surface area contributed by atoms with Gasteiger partial charge in [0.2, 0.25) is 0 Å². The second-order valence-corrected chi connectivity index (χ2v) is 7.67. The number of carbonyl (C=O) groups excluding carboxylic acids is 1. The van der Waals surface area contributed by atoms with Crippen molar-refractivity contribution in [2.24, 2.45) is 0 Å². The molecule has 1 amide bonds. The Hall–Kier alpha value is -2.31. The molecule has 1 aliphatic carbocycles. The maximum Gasteiger partial charge on any atom is 0.416 e. The third kappa shape index (κ3) is 3.80. The van der Waals surface area contributed by atoms with Crippen molar-refractivity contribution in [1.29, 1.82) is 0 Å². The van der Waals surface area contributed by atoms with Crippen LogP contribution in [0.1, 0.15) is 71.0 Å². The van der Waals surface area contributed by atoms with Crippen molar-refractivity contribution in [2.45, 2.75) is 57.0 Å². The lowest BCUT2D eigenvalue weighted by molar-refractivity contribution is -0.137. The molecule has 1 fully saturated rings. The minimum atomic E-state index is -4.39. The highest BCUT2D eigenvalue weighted by Crippen LogP contribution is 2.35. The fraction of sp³-hybridized carbons (Fsp3) is 0.524. The van der Waals surface area contributed by atoms with E-state index in [1.807, 2.05) is 0 Å². The van der Waals surface area contributed by atoms with Gasteiger partial charge >= 0.3 is 6.18 Å². The van der Waals surface area contributed by atoms with Crippen molar-refractivity contribution in [1.82, 2.24) is 10.1 Å². The van der Waals surface area contributed by atoms with Crippen LogP contribution in [0.3, 0.4) is 0 Å². The first-order valence-electron chi connectivity index (χ1n) is 9.87. The van der Waals surface area contributed by atoms with Crippen LogP contribution in [0.15, 0.2) is 28.8 Å². The molecule has 7 heteroatoms. The number of hydrogen-bond donors (Lipinski definition) is 0. The quantitative estimate of drug-likeness (QED) is 0.677. The molecule has 0 atom stereocenters. The highest BCUT2D eigenvalue weighted by Gasteiger charge is 2.32. The van der Waals surface area contributed by atoms with E-state index in [0.717, 1.165) is 62.1 Å². The summed E-state index contributed by atoms with van der Waals surface area (Å²) in [6.07, 6.45) is 2.70. The molecule has 4 nitrogen and oxygen atoms in total. The standard InChI is InChI=1S/C21H23F3N2O2/c22-21(23,24)16-8-6-15(7-9-16)20(27)26-12-10-14(11-13-26)19-17-4-2-1-3-5-18(17)25-28-19/h6-9,14H,1-5,10-13H2. The summed E-state index contributed by atoms with van der Waals surface area (Å²) in [7, 11) is 0. The monoisotopic (exact) mass is 392 g/mol. The highest BCUT2D eigenvalue weighted by molar-refractivity contribution is 5.94. The summed E-state index contributed by atoms with van der Waals surface area (Å²) < 4.78 is 43.7. The zero-order valence-corrected chi connectivity index (χ0v) is 15.6. The van der Waals surface area contributed by atoms with Crippen LogP contribution in [0, 0.1) is 0 Å². The number of halogens is 3. The molecule has 1 saturated heterocycles. The molecule has 4 rings (SSSR count). The molecule has 0 unspecified atom stereocenters. The second-order valence-electron chi connectivity index (χ2n) is 7.67. The normalized spacial score (nSPS) is 18.6. The zero-order valence-electron chi connectivity index (χ0n) is 15.6. The smallest absolute Gasteiger partial charge is 0.361 e. The van der Waals surface area contributed by atoms with Crippen LogP contribution in [0.5, 0.6) is 0 Å². The predicted molar refractivity (Wildman–Crippen MR) is 97.1 cm³/mol. The number of amides is 1. The number of fused-ring (bicyclic) bond motifs is 1. The van der Waals surface area contributed by atoms with Gasteiger partial charge in [-0.05, 0) is 62.8 Å². The molecular weight excluding hydrogens is 369 g/mol. The van der Waals surface area contributed by atoms with Gasteiger partial charge in [-0.2, -0.15) is 13.2 Å². The van der Waals surface area contributed by atoms with Crippen molar-refractivity contribution in [3.05, 3.63) is 52.4 Å². The minimum Gasteiger partial charge on any atom is -0.361 e. The summed E-state index contributed by atoms with van der Waals surface area (Å²) in [5.41, 5.74) is 1.91. The van der Waals surface area contributed by atoms with Crippen LogP contribution in [0.4, 0.5) is 13.2 Å². The summed E-state index contributed by atoms with van der Waals surface area (Å²) >= 11 is 0. The Kier molecular flexibility index (Phi) is 5.17. The van der Waals surface area contributed by atoms with E-state index >= 15 is 0 Å². The van der Waals surface area contributed by atoms with Gasteiger partial charge in [-0.25, -0.2) is 0 Å². The van der Waals surface area contributed by atoms with E-state index in [1.165, 1.54) is 24.1 Å². The second kappa shape index (κ2) is 7.60. The van der Waals surface area contributed by atoms with Gasteiger partial charge in [0.25, 0.3) is 5.91 Å². The van der Waals surface area contributed by atoms with E-state index < -0.39 is 11.7 Å². The number of likely N-dealkylation sites (tertiary alicyclic amines) is 1. The summed E-state index contributed by atoms with van der Waals surface area (Å²) in [5.74, 6) is 1.02. The van der Waals surface area contributed by atoms with Crippen molar-refractivity contribution in [3.8, 4) is 0 Å². The van der Waals surface area contributed by atoms with Crippen LogP contribution >= 0.6 is 0 Å². The van der Waals surface area contributed by atoms with Gasteiger partial charge in [-0.1, -0.05) is 11.6 Å². The van der Waals surface area contributed by atoms with Crippen LogP contribution in [-0.4, -0.2) is 29.1 Å². The van der Waals surface area contributed by atoms with Gasteiger partial charge in [0, 0.05) is 30.1 Å². The van der Waals surface area contributed by atoms with Gasteiger partial charge in [0.05, 0.1) is 11.3 Å². The number of aryl methyl sites for hydroxylation is 1. The molecule has 150 valence electrons. The summed E-state index contributed by atoms with van der Waals surface area (Å²) in [6, 6.07) is 4.44. The third-order valence-corrected chi connectivity index (χ3v) is 5.85. The van der Waals surface area contributed by atoms with Gasteiger partial charge in [-0.3, -0.25) is 4.79 Å². The van der Waals surface area contributed by atoms with Crippen LogP contribution in [0.25, 0.3) is 0 Å². The SMILES string of the molecule is O=C(c1ccc(C(F)(F)F)cc1)N1CCC(c2onc3c2CCCCC3)CC1. The van der Waals surface area contributed by atoms with Crippen LogP contribution < -0.4 is 0 Å². The van der Waals surface area contributed by atoms with Crippen LogP contribution in [0.2, 0.25) is 0 Å². The molecule has 0 spiro atoms. The fourth-order valence-electron chi connectivity index (χ4n) is 4.24. The van der Waals surface area contributed by atoms with E-state index in [9.17, 15) is 18.0 Å². The molecular formula is C21H23F3N2O2. The Morgan fingerprint density at radius 2 is 1.71 bits per heavy atom. The molecule has 0 bridgehead atoms. The first-order valence-corrected chi connectivity index (χ1v) is 9.87. The molecule has 1 aliphatic heterocycles. The average molecular weight is 392 g/mol. The number of rotatable bonds is 2. The molecule has 28 heavy (non-hydrogen) atoms. The van der Waals surface area contributed by atoms with E-state index in [4.69, 9.17) is 4.52 Å². The number of nitrogens with zero attached hydrogens (tertiary/aromatic N) is 2. The Balaban J connectivity index is 1.40. The van der Waals surface area contributed by atoms with E-state index in [-0.39, 0.29) is 11.8 Å². The lowest BCUT2D eigenvalue weighted by Gasteiger charge is -2.31. The first kappa shape index (κ1) is 19.0. The number of carbonyl (C=O) groups is 1. The highest BCUT2D eigenvalue weighted by atomic mass is 19.4. The van der Waals surface area contributed by atoms with Gasteiger partial charge in [-0.15, -0.1) is 0 Å². The van der Waals surface area contributed by atoms with E-state index in [1.54, 1.807) is 4.90 Å². The molecule has 2 aromatic rings. The number of piperidine rings is 1. The van der Waals surface area contributed by atoms with Crippen molar-refractivity contribution in [3.63, 3.8) is 0 Å². The van der Waals surface area contributed by atoms with Gasteiger partial charge < -0.3 is 9.42 Å². The number of benzene rings is 1. The summed E-state index contributed by atoms with van der Waals surface area (Å²) in [4.78, 5) is 14.4. The largest absolute Gasteiger partial charge is 0.416 e. The zero-order chi connectivity index (χ0) is 19.7. The first-order chi connectivity index (χ1) is 13.4. The van der Waals surface area contributed by atoms with E-state index in [2.05, 4.69) is 5.16 Å². The average Bonchev–Trinajstić information content (AvgIpc) is 2.95. The fourth-order valence-corrected chi connectivity index (χ4v) is 4.24. The topological polar surface area (TPSA) is 46.3 Å². The summed E-state index contributed by atoms with van der Waals surface area (Å²) in [5, 5.41) is 4.27. The Labute approximate surface area is 161 Å². The minimum absolute atomic E-state index is 0.219. The number of hydrogen-bond acceptors (Lipinski definition) is 3. The molecule has 0 radical (unpaired) electrons.